The molecule has 4 heteroatoms. The van der Waals surface area contributed by atoms with E-state index in [4.69, 9.17) is 4.74 Å². The second-order valence-corrected chi connectivity index (χ2v) is 6.75. The van der Waals surface area contributed by atoms with Crippen LogP contribution in [0.4, 0.5) is 4.39 Å². The van der Waals surface area contributed by atoms with E-state index in [2.05, 4.69) is 5.32 Å². The first kappa shape index (κ1) is 16.4. The van der Waals surface area contributed by atoms with Gasteiger partial charge in [-0.15, -0.1) is 0 Å². The van der Waals surface area contributed by atoms with Gasteiger partial charge in [-0.3, -0.25) is 4.79 Å². The van der Waals surface area contributed by atoms with Gasteiger partial charge in [0.2, 0.25) is 5.91 Å². The fourth-order valence-corrected chi connectivity index (χ4v) is 3.50. The lowest BCUT2D eigenvalue weighted by Gasteiger charge is -2.21. The molecule has 2 fully saturated rings. The molecule has 1 aromatic rings. The minimum atomic E-state index is -0.200. The number of hydrogen-bond acceptors (Lipinski definition) is 2. The maximum atomic E-state index is 13.7. The van der Waals surface area contributed by atoms with Gasteiger partial charge in [-0.25, -0.2) is 4.39 Å². The summed E-state index contributed by atoms with van der Waals surface area (Å²) in [7, 11) is 0. The van der Waals surface area contributed by atoms with Crippen molar-refractivity contribution in [3.05, 3.63) is 35.6 Å². The number of rotatable bonds is 7. The van der Waals surface area contributed by atoms with Crippen LogP contribution < -0.4 is 5.32 Å². The van der Waals surface area contributed by atoms with Crippen LogP contribution in [0.5, 0.6) is 0 Å². The van der Waals surface area contributed by atoms with E-state index in [1.807, 2.05) is 6.07 Å². The molecule has 126 valence electrons. The molecule has 1 aromatic carbocycles. The van der Waals surface area contributed by atoms with Crippen LogP contribution in [0, 0.1) is 11.7 Å². The average molecular weight is 319 g/mol. The van der Waals surface area contributed by atoms with Crippen LogP contribution in [-0.4, -0.2) is 25.2 Å². The molecule has 0 aromatic heterocycles. The maximum Gasteiger partial charge on any atom is 0.223 e. The summed E-state index contributed by atoms with van der Waals surface area (Å²) in [5.74, 6) is -0.162. The molecular formula is C19H26FNO2. The topological polar surface area (TPSA) is 38.3 Å². The SMILES string of the molecule is O=C(NCCCOC1CCCCC1)C1CC1c1ccccc1F. The van der Waals surface area contributed by atoms with E-state index in [0.717, 1.165) is 12.8 Å². The molecule has 0 bridgehead atoms. The molecule has 3 rings (SSSR count). The monoisotopic (exact) mass is 319 g/mol. The van der Waals surface area contributed by atoms with Gasteiger partial charge in [0.05, 0.1) is 6.10 Å². The molecule has 23 heavy (non-hydrogen) atoms. The van der Waals surface area contributed by atoms with E-state index in [1.165, 1.54) is 38.2 Å². The first-order valence-electron chi connectivity index (χ1n) is 8.89. The van der Waals surface area contributed by atoms with Crippen LogP contribution in [0.25, 0.3) is 0 Å². The Labute approximate surface area is 137 Å². The number of nitrogens with one attached hydrogen (secondary N) is 1. The third kappa shape index (κ3) is 4.54. The molecule has 2 aliphatic rings. The summed E-state index contributed by atoms with van der Waals surface area (Å²) in [4.78, 5) is 12.1. The van der Waals surface area contributed by atoms with Crippen molar-refractivity contribution in [1.29, 1.82) is 0 Å². The number of amides is 1. The largest absolute Gasteiger partial charge is 0.378 e. The average Bonchev–Trinajstić information content (AvgIpc) is 3.36. The van der Waals surface area contributed by atoms with Crippen molar-refractivity contribution < 1.29 is 13.9 Å². The molecular weight excluding hydrogens is 293 g/mol. The van der Waals surface area contributed by atoms with Gasteiger partial charge in [0, 0.05) is 19.1 Å². The Morgan fingerprint density at radius 2 is 2.00 bits per heavy atom. The third-order valence-corrected chi connectivity index (χ3v) is 4.96. The minimum absolute atomic E-state index is 0.0506. The highest BCUT2D eigenvalue weighted by Crippen LogP contribution is 2.48. The first-order valence-corrected chi connectivity index (χ1v) is 8.89. The zero-order valence-electron chi connectivity index (χ0n) is 13.6. The Morgan fingerprint density at radius 3 is 2.78 bits per heavy atom. The lowest BCUT2D eigenvalue weighted by molar-refractivity contribution is -0.122. The summed E-state index contributed by atoms with van der Waals surface area (Å²) in [6.45, 7) is 1.36. The van der Waals surface area contributed by atoms with E-state index < -0.39 is 0 Å². The van der Waals surface area contributed by atoms with Gasteiger partial charge in [0.15, 0.2) is 0 Å². The van der Waals surface area contributed by atoms with Crippen LogP contribution in [0.1, 0.15) is 56.4 Å². The van der Waals surface area contributed by atoms with Crippen molar-refractivity contribution in [3.8, 4) is 0 Å². The van der Waals surface area contributed by atoms with E-state index in [9.17, 15) is 9.18 Å². The second-order valence-electron chi connectivity index (χ2n) is 6.75. The smallest absolute Gasteiger partial charge is 0.223 e. The molecule has 1 amide bonds. The fraction of sp³-hybridized carbons (Fsp3) is 0.632. The predicted molar refractivity (Wildman–Crippen MR) is 87.7 cm³/mol. The Morgan fingerprint density at radius 1 is 1.22 bits per heavy atom. The van der Waals surface area contributed by atoms with Gasteiger partial charge < -0.3 is 10.1 Å². The third-order valence-electron chi connectivity index (χ3n) is 4.96. The first-order chi connectivity index (χ1) is 11.3. The normalized spacial score (nSPS) is 24.4. The molecule has 2 saturated carbocycles. The highest BCUT2D eigenvalue weighted by Gasteiger charge is 2.44. The molecule has 2 unspecified atom stereocenters. The van der Waals surface area contributed by atoms with Crippen molar-refractivity contribution >= 4 is 5.91 Å². The van der Waals surface area contributed by atoms with E-state index in [1.54, 1.807) is 12.1 Å². The Bertz CT molecular complexity index is 528. The molecule has 0 radical (unpaired) electrons. The number of halogens is 1. The highest BCUT2D eigenvalue weighted by atomic mass is 19.1. The number of hydrogen-bond donors (Lipinski definition) is 1. The van der Waals surface area contributed by atoms with Crippen molar-refractivity contribution in [2.24, 2.45) is 5.92 Å². The number of carbonyl (C=O) groups excluding carboxylic acids is 1. The number of ether oxygens (including phenoxy) is 1. The molecule has 0 heterocycles. The van der Waals surface area contributed by atoms with Gasteiger partial charge in [-0.2, -0.15) is 0 Å². The van der Waals surface area contributed by atoms with Gasteiger partial charge in [-0.05, 0) is 43.2 Å². The maximum absolute atomic E-state index is 13.7. The van der Waals surface area contributed by atoms with Crippen LogP contribution in [-0.2, 0) is 9.53 Å². The van der Waals surface area contributed by atoms with Crippen LogP contribution >= 0.6 is 0 Å². The summed E-state index contributed by atoms with van der Waals surface area (Å²) in [5.41, 5.74) is 0.674. The number of carbonyl (C=O) groups is 1. The molecule has 3 nitrogen and oxygen atoms in total. The quantitative estimate of drug-likeness (QED) is 0.777. The molecule has 0 spiro atoms. The lowest BCUT2D eigenvalue weighted by Crippen LogP contribution is -2.28. The Balaban J connectivity index is 1.31. The van der Waals surface area contributed by atoms with E-state index in [-0.39, 0.29) is 23.6 Å². The summed E-state index contributed by atoms with van der Waals surface area (Å²) in [6.07, 6.45) is 8.28. The summed E-state index contributed by atoms with van der Waals surface area (Å²) in [5, 5.41) is 2.96. The minimum Gasteiger partial charge on any atom is -0.378 e. The van der Waals surface area contributed by atoms with Crippen molar-refractivity contribution in [1.82, 2.24) is 5.32 Å². The van der Waals surface area contributed by atoms with Crippen LogP contribution in [0.3, 0.4) is 0 Å². The zero-order chi connectivity index (χ0) is 16.1. The lowest BCUT2D eigenvalue weighted by atomic mass is 9.98. The van der Waals surface area contributed by atoms with Gasteiger partial charge in [0.1, 0.15) is 5.82 Å². The van der Waals surface area contributed by atoms with Crippen molar-refractivity contribution in [3.63, 3.8) is 0 Å². The standard InChI is InChI=1S/C19H26FNO2/c20-18-10-5-4-9-15(18)16-13-17(16)19(22)21-11-6-12-23-14-7-2-1-3-8-14/h4-5,9-10,14,16-17H,1-3,6-8,11-13H2,(H,21,22). The fourth-order valence-electron chi connectivity index (χ4n) is 3.50. The molecule has 0 saturated heterocycles. The molecule has 1 N–H and O–H groups in total. The van der Waals surface area contributed by atoms with Crippen molar-refractivity contribution in [2.75, 3.05) is 13.2 Å². The Kier molecular flexibility index (Phi) is 5.65. The molecule has 2 atom stereocenters. The summed E-state index contributed by atoms with van der Waals surface area (Å²) in [6, 6.07) is 6.76. The number of benzene rings is 1. The van der Waals surface area contributed by atoms with E-state index >= 15 is 0 Å². The summed E-state index contributed by atoms with van der Waals surface area (Å²) < 4.78 is 19.5. The highest BCUT2D eigenvalue weighted by molar-refractivity contribution is 5.82. The predicted octanol–water partition coefficient (Wildman–Crippen LogP) is 3.78. The van der Waals surface area contributed by atoms with Gasteiger partial charge >= 0.3 is 0 Å². The van der Waals surface area contributed by atoms with Gasteiger partial charge in [0.25, 0.3) is 0 Å². The van der Waals surface area contributed by atoms with Crippen LogP contribution in [0.2, 0.25) is 0 Å². The van der Waals surface area contributed by atoms with E-state index in [0.29, 0.717) is 24.8 Å². The van der Waals surface area contributed by atoms with Crippen molar-refractivity contribution in [2.45, 2.75) is 57.0 Å². The zero-order valence-corrected chi connectivity index (χ0v) is 13.6. The second kappa shape index (κ2) is 7.91. The molecule has 2 aliphatic carbocycles. The Hall–Kier alpha value is -1.42. The van der Waals surface area contributed by atoms with Gasteiger partial charge in [-0.1, -0.05) is 37.5 Å². The van der Waals surface area contributed by atoms with Crippen LogP contribution in [0.15, 0.2) is 24.3 Å². The molecule has 0 aliphatic heterocycles. The summed E-state index contributed by atoms with van der Waals surface area (Å²) >= 11 is 0.